The van der Waals surface area contributed by atoms with E-state index in [4.69, 9.17) is 4.52 Å². The summed E-state index contributed by atoms with van der Waals surface area (Å²) in [4.78, 5) is 12.6. The van der Waals surface area contributed by atoms with Gasteiger partial charge >= 0.3 is 6.18 Å². The van der Waals surface area contributed by atoms with Crippen molar-refractivity contribution in [3.05, 3.63) is 88.8 Å². The van der Waals surface area contributed by atoms with Crippen LogP contribution >= 0.6 is 0 Å². The highest BCUT2D eigenvalue weighted by atomic mass is 19.4. The monoisotopic (exact) mass is 431 g/mol. The van der Waals surface area contributed by atoms with Crippen LogP contribution < -0.4 is 10.6 Å². The predicted molar refractivity (Wildman–Crippen MR) is 110 cm³/mol. The molecule has 0 aliphatic rings. The first-order chi connectivity index (χ1) is 14.8. The summed E-state index contributed by atoms with van der Waals surface area (Å²) in [6, 6.07) is 15.2. The van der Waals surface area contributed by atoms with E-state index in [1.54, 1.807) is 20.0 Å². The molecule has 0 radical (unpaired) electrons. The summed E-state index contributed by atoms with van der Waals surface area (Å²) in [5.74, 6) is 0.358. The maximum atomic E-state index is 12.8. The highest BCUT2D eigenvalue weighted by Crippen LogP contribution is 2.30. The highest BCUT2D eigenvalue weighted by Gasteiger charge is 2.30. The van der Waals surface area contributed by atoms with Crippen molar-refractivity contribution in [2.24, 2.45) is 0 Å². The second-order valence-electron chi connectivity index (χ2n) is 7.28. The second kappa shape index (κ2) is 9.78. The average molecular weight is 431 g/mol. The summed E-state index contributed by atoms with van der Waals surface area (Å²) < 4.78 is 43.8. The van der Waals surface area contributed by atoms with Gasteiger partial charge in [-0.1, -0.05) is 47.6 Å². The summed E-state index contributed by atoms with van der Waals surface area (Å²) in [6.07, 6.45) is -3.37. The van der Waals surface area contributed by atoms with Gasteiger partial charge in [0.1, 0.15) is 6.04 Å². The molecule has 0 saturated heterocycles. The Bertz CT molecular complexity index is 985. The first-order valence-corrected chi connectivity index (χ1v) is 9.90. The molecule has 0 aliphatic carbocycles. The quantitative estimate of drug-likeness (QED) is 0.540. The minimum absolute atomic E-state index is 0.207. The van der Waals surface area contributed by atoms with Crippen LogP contribution in [0.5, 0.6) is 0 Å². The third-order valence-electron chi connectivity index (χ3n) is 5.00. The molecule has 31 heavy (non-hydrogen) atoms. The number of nitrogens with one attached hydrogen (secondary N) is 2. The Morgan fingerprint density at radius 1 is 1.10 bits per heavy atom. The van der Waals surface area contributed by atoms with Crippen molar-refractivity contribution in [3.63, 3.8) is 0 Å². The Hall–Kier alpha value is -3.13. The van der Waals surface area contributed by atoms with Crippen LogP contribution in [0.3, 0.4) is 0 Å². The maximum absolute atomic E-state index is 12.8. The molecule has 0 spiro atoms. The number of nitrogens with zero attached hydrogens (tertiary/aromatic N) is 1. The number of carbonyl (C=O) groups is 1. The summed E-state index contributed by atoms with van der Waals surface area (Å²) in [5.41, 5.74) is 1.57. The van der Waals surface area contributed by atoms with E-state index in [0.717, 1.165) is 23.3 Å². The Labute approximate surface area is 178 Å². The van der Waals surface area contributed by atoms with Crippen molar-refractivity contribution in [3.8, 4) is 0 Å². The first-order valence-electron chi connectivity index (χ1n) is 9.90. The van der Waals surface area contributed by atoms with E-state index in [2.05, 4.69) is 15.8 Å². The first kappa shape index (κ1) is 22.6. The van der Waals surface area contributed by atoms with Crippen LogP contribution in [-0.2, 0) is 17.4 Å². The minimum Gasteiger partial charge on any atom is -0.359 e. The van der Waals surface area contributed by atoms with Gasteiger partial charge in [0.25, 0.3) is 0 Å². The molecule has 3 rings (SSSR count). The fourth-order valence-corrected chi connectivity index (χ4v) is 3.34. The van der Waals surface area contributed by atoms with E-state index in [1.807, 2.05) is 30.3 Å². The van der Waals surface area contributed by atoms with E-state index in [1.165, 1.54) is 12.1 Å². The molecule has 0 fully saturated rings. The SMILES string of the molecule is CNC(=O)C(N[C@@H](CCc1ccc(C(F)(F)F)cc1)c1cc(C)no1)c1ccccc1. The lowest BCUT2D eigenvalue weighted by molar-refractivity contribution is -0.137. The summed E-state index contributed by atoms with van der Waals surface area (Å²) in [6.45, 7) is 1.80. The zero-order valence-electron chi connectivity index (χ0n) is 17.2. The van der Waals surface area contributed by atoms with E-state index < -0.39 is 17.8 Å². The van der Waals surface area contributed by atoms with Crippen LogP contribution in [-0.4, -0.2) is 18.1 Å². The van der Waals surface area contributed by atoms with Crippen molar-refractivity contribution in [1.82, 2.24) is 15.8 Å². The van der Waals surface area contributed by atoms with E-state index >= 15 is 0 Å². The number of rotatable bonds is 8. The number of alkyl halides is 3. The van der Waals surface area contributed by atoms with Gasteiger partial charge in [0.05, 0.1) is 17.3 Å². The second-order valence-corrected chi connectivity index (χ2v) is 7.28. The summed E-state index contributed by atoms with van der Waals surface area (Å²) >= 11 is 0. The molecular formula is C23H24F3N3O2. The van der Waals surface area contributed by atoms with Crippen LogP contribution in [0, 0.1) is 6.92 Å². The molecule has 164 valence electrons. The zero-order chi connectivity index (χ0) is 22.4. The number of amides is 1. The normalized spacial score (nSPS) is 13.6. The van der Waals surface area contributed by atoms with Crippen LogP contribution in [0.1, 0.15) is 46.6 Å². The lowest BCUT2D eigenvalue weighted by atomic mass is 9.99. The van der Waals surface area contributed by atoms with Gasteiger partial charge in [0, 0.05) is 13.1 Å². The molecule has 2 aromatic carbocycles. The standard InChI is InChI=1S/C23H24F3N3O2/c1-15-14-20(31-29-15)19(13-10-16-8-11-18(12-9-16)23(24,25)26)28-21(22(30)27-2)17-6-4-3-5-7-17/h3-9,11-12,14,19,21,28H,10,13H2,1-2H3,(H,27,30)/t19-,21?/m0/s1. The summed E-state index contributed by atoms with van der Waals surface area (Å²) in [7, 11) is 1.57. The van der Waals surface area contributed by atoms with Gasteiger partial charge in [-0.3, -0.25) is 10.1 Å². The molecule has 1 heterocycles. The van der Waals surface area contributed by atoms with E-state index in [-0.39, 0.29) is 11.9 Å². The number of aromatic nitrogens is 1. The largest absolute Gasteiger partial charge is 0.416 e. The number of carbonyl (C=O) groups excluding carboxylic acids is 1. The minimum atomic E-state index is -4.36. The molecule has 0 aliphatic heterocycles. The molecule has 1 unspecified atom stereocenters. The third kappa shape index (κ3) is 5.95. The van der Waals surface area contributed by atoms with Crippen molar-refractivity contribution in [2.75, 3.05) is 7.05 Å². The summed E-state index contributed by atoms with van der Waals surface area (Å²) in [5, 5.41) is 9.93. The van der Waals surface area contributed by atoms with Crippen LogP contribution in [0.4, 0.5) is 13.2 Å². The van der Waals surface area contributed by atoms with Crippen molar-refractivity contribution in [1.29, 1.82) is 0 Å². The number of halogens is 3. The lowest BCUT2D eigenvalue weighted by Gasteiger charge is -2.24. The fourth-order valence-electron chi connectivity index (χ4n) is 3.34. The van der Waals surface area contributed by atoms with E-state index in [9.17, 15) is 18.0 Å². The zero-order valence-corrected chi connectivity index (χ0v) is 17.2. The molecule has 8 heteroatoms. The maximum Gasteiger partial charge on any atom is 0.416 e. The van der Waals surface area contributed by atoms with Crippen LogP contribution in [0.15, 0.2) is 65.2 Å². The molecule has 0 bridgehead atoms. The smallest absolute Gasteiger partial charge is 0.359 e. The number of hydrogen-bond acceptors (Lipinski definition) is 4. The van der Waals surface area contributed by atoms with Gasteiger partial charge in [-0.2, -0.15) is 13.2 Å². The number of likely N-dealkylation sites (N-methyl/N-ethyl adjacent to an activating group) is 1. The average Bonchev–Trinajstić information content (AvgIpc) is 3.20. The van der Waals surface area contributed by atoms with Crippen molar-refractivity contribution >= 4 is 5.91 Å². The van der Waals surface area contributed by atoms with Gasteiger partial charge in [0.2, 0.25) is 5.91 Å². The third-order valence-corrected chi connectivity index (χ3v) is 5.00. The molecule has 2 N–H and O–H groups in total. The van der Waals surface area contributed by atoms with Gasteiger partial charge in [-0.05, 0) is 43.0 Å². The van der Waals surface area contributed by atoms with Crippen LogP contribution in [0.2, 0.25) is 0 Å². The van der Waals surface area contributed by atoms with Crippen molar-refractivity contribution < 1.29 is 22.5 Å². The molecule has 1 aromatic heterocycles. The Balaban J connectivity index is 1.80. The van der Waals surface area contributed by atoms with Gasteiger partial charge in [-0.15, -0.1) is 0 Å². The molecule has 5 nitrogen and oxygen atoms in total. The van der Waals surface area contributed by atoms with Gasteiger partial charge in [0.15, 0.2) is 5.76 Å². The lowest BCUT2D eigenvalue weighted by Crippen LogP contribution is -2.38. The van der Waals surface area contributed by atoms with Crippen LogP contribution in [0.25, 0.3) is 0 Å². The Morgan fingerprint density at radius 2 is 1.77 bits per heavy atom. The topological polar surface area (TPSA) is 67.2 Å². The Morgan fingerprint density at radius 3 is 2.32 bits per heavy atom. The highest BCUT2D eigenvalue weighted by molar-refractivity contribution is 5.82. The van der Waals surface area contributed by atoms with E-state index in [0.29, 0.717) is 24.3 Å². The fraction of sp³-hybridized carbons (Fsp3) is 0.304. The number of hydrogen-bond donors (Lipinski definition) is 2. The van der Waals surface area contributed by atoms with Gasteiger partial charge < -0.3 is 9.84 Å². The predicted octanol–water partition coefficient (Wildman–Crippen LogP) is 4.75. The molecule has 3 aromatic rings. The molecule has 0 saturated carbocycles. The number of benzene rings is 2. The van der Waals surface area contributed by atoms with Crippen molar-refractivity contribution in [2.45, 2.75) is 38.0 Å². The number of aryl methyl sites for hydroxylation is 2. The Kier molecular flexibility index (Phi) is 7.12. The van der Waals surface area contributed by atoms with Gasteiger partial charge in [-0.25, -0.2) is 0 Å². The molecular weight excluding hydrogens is 407 g/mol. The molecule has 1 amide bonds. The molecule has 2 atom stereocenters.